The summed E-state index contributed by atoms with van der Waals surface area (Å²) in [6, 6.07) is 4.58. The van der Waals surface area contributed by atoms with Gasteiger partial charge in [0.05, 0.1) is 7.11 Å². The number of ether oxygens (including phenoxy) is 1. The van der Waals surface area contributed by atoms with Gasteiger partial charge in [0.2, 0.25) is 0 Å². The van der Waals surface area contributed by atoms with Gasteiger partial charge in [-0.15, -0.1) is 0 Å². The Kier molecular flexibility index (Phi) is 4.60. The van der Waals surface area contributed by atoms with Gasteiger partial charge in [0.25, 0.3) is 0 Å². The molecule has 2 amide bonds. The van der Waals surface area contributed by atoms with Crippen molar-refractivity contribution >= 4 is 23.8 Å². The zero-order valence-electron chi connectivity index (χ0n) is 8.74. The molecule has 86 valence electrons. The highest BCUT2D eigenvalue weighted by Gasteiger charge is 2.01. The van der Waals surface area contributed by atoms with Crippen LogP contribution < -0.4 is 15.9 Å². The predicted molar refractivity (Wildman–Crippen MR) is 62.9 cm³/mol. The van der Waals surface area contributed by atoms with E-state index in [2.05, 4.69) is 10.5 Å². The number of hydrogen-bond donors (Lipinski definition) is 2. The molecular weight excluding hydrogens is 230 g/mol. The molecule has 0 spiro atoms. The quantitative estimate of drug-likeness (QED) is 0.620. The molecule has 1 aromatic carbocycles. The van der Waals surface area contributed by atoms with E-state index in [0.29, 0.717) is 11.4 Å². The molecular formula is C10H12ClN3O2. The number of benzene rings is 1. The maximum atomic E-state index is 10.3. The second-order valence-corrected chi connectivity index (χ2v) is 3.38. The van der Waals surface area contributed by atoms with Crippen LogP contribution in [0.2, 0.25) is 5.02 Å². The Labute approximate surface area is 98.2 Å². The molecule has 16 heavy (non-hydrogen) atoms. The molecule has 0 radical (unpaired) electrons. The van der Waals surface area contributed by atoms with Crippen LogP contribution in [-0.4, -0.2) is 19.4 Å². The maximum absolute atomic E-state index is 10.3. The molecule has 0 aliphatic heterocycles. The van der Waals surface area contributed by atoms with Gasteiger partial charge in [-0.3, -0.25) is 0 Å². The first-order chi connectivity index (χ1) is 7.63. The largest absolute Gasteiger partial charge is 0.496 e. The van der Waals surface area contributed by atoms with Crippen LogP contribution >= 0.6 is 11.6 Å². The number of nitrogens with one attached hydrogen (secondary N) is 1. The summed E-state index contributed by atoms with van der Waals surface area (Å²) in [5, 5.41) is 4.24. The summed E-state index contributed by atoms with van der Waals surface area (Å²) in [7, 11) is 1.57. The van der Waals surface area contributed by atoms with E-state index in [-0.39, 0.29) is 0 Å². The van der Waals surface area contributed by atoms with Crippen LogP contribution in [0, 0.1) is 0 Å². The van der Waals surface area contributed by atoms with Gasteiger partial charge in [0, 0.05) is 23.2 Å². The number of carbonyl (C=O) groups excluding carboxylic acids is 1. The van der Waals surface area contributed by atoms with Crippen molar-refractivity contribution in [3.63, 3.8) is 0 Å². The van der Waals surface area contributed by atoms with Gasteiger partial charge in [-0.05, 0) is 18.2 Å². The fourth-order valence-electron chi connectivity index (χ4n) is 1.16. The Morgan fingerprint density at radius 3 is 3.06 bits per heavy atom. The number of methoxy groups -OCH3 is 1. The van der Waals surface area contributed by atoms with E-state index in [1.807, 2.05) is 0 Å². The minimum atomic E-state index is -0.700. The van der Waals surface area contributed by atoms with E-state index >= 15 is 0 Å². The van der Waals surface area contributed by atoms with Gasteiger partial charge in [-0.1, -0.05) is 11.6 Å². The van der Waals surface area contributed by atoms with E-state index in [4.69, 9.17) is 22.1 Å². The number of rotatable bonds is 4. The van der Waals surface area contributed by atoms with Gasteiger partial charge in [0.15, 0.2) is 0 Å². The molecule has 1 rings (SSSR count). The summed E-state index contributed by atoms with van der Waals surface area (Å²) >= 11 is 5.85. The van der Waals surface area contributed by atoms with Crippen molar-refractivity contribution < 1.29 is 9.53 Å². The number of halogens is 1. The predicted octanol–water partition coefficient (Wildman–Crippen LogP) is 1.55. The molecule has 1 aromatic rings. The molecule has 0 aromatic heterocycles. The molecule has 0 unspecified atom stereocenters. The molecule has 0 aliphatic rings. The van der Waals surface area contributed by atoms with Gasteiger partial charge in [-0.25, -0.2) is 10.2 Å². The van der Waals surface area contributed by atoms with Crippen LogP contribution in [0.25, 0.3) is 0 Å². The van der Waals surface area contributed by atoms with Crippen LogP contribution in [0.3, 0.4) is 0 Å². The van der Waals surface area contributed by atoms with Crippen molar-refractivity contribution in [2.75, 3.05) is 7.11 Å². The molecule has 5 nitrogen and oxygen atoms in total. The third-order valence-corrected chi connectivity index (χ3v) is 2.05. The fraction of sp³-hybridized carbons (Fsp3) is 0.200. The molecule has 0 fully saturated rings. The number of nitrogens with two attached hydrogens (primary N) is 1. The Hall–Kier alpha value is -1.75. The third kappa shape index (κ3) is 3.78. The van der Waals surface area contributed by atoms with E-state index in [1.54, 1.807) is 25.3 Å². The lowest BCUT2D eigenvalue weighted by Gasteiger charge is -2.06. The van der Waals surface area contributed by atoms with Crippen molar-refractivity contribution in [3.05, 3.63) is 28.8 Å². The van der Waals surface area contributed by atoms with Gasteiger partial charge >= 0.3 is 6.03 Å². The van der Waals surface area contributed by atoms with E-state index in [1.165, 1.54) is 6.21 Å². The number of carbonyl (C=O) groups is 1. The number of hydrazone groups is 1. The van der Waals surface area contributed by atoms with Crippen molar-refractivity contribution in [3.8, 4) is 5.75 Å². The standard InChI is InChI=1S/C10H12ClN3O2/c1-16-9-3-2-8(11)6-7(9)4-5-13-14-10(12)15/h2-3,5-6H,4H2,1H3,(H3,12,14,15)/b13-5-. The molecule has 0 heterocycles. The van der Waals surface area contributed by atoms with E-state index in [9.17, 15) is 4.79 Å². The average Bonchev–Trinajstić information content (AvgIpc) is 2.24. The zero-order chi connectivity index (χ0) is 12.0. The molecule has 0 atom stereocenters. The number of urea groups is 1. The first-order valence-electron chi connectivity index (χ1n) is 4.53. The smallest absolute Gasteiger partial charge is 0.332 e. The zero-order valence-corrected chi connectivity index (χ0v) is 9.49. The van der Waals surface area contributed by atoms with Crippen LogP contribution in [0.15, 0.2) is 23.3 Å². The minimum Gasteiger partial charge on any atom is -0.496 e. The van der Waals surface area contributed by atoms with Crippen molar-refractivity contribution in [1.82, 2.24) is 5.43 Å². The normalized spacial score (nSPS) is 10.4. The first-order valence-corrected chi connectivity index (χ1v) is 4.90. The Balaban J connectivity index is 2.68. The summed E-state index contributed by atoms with van der Waals surface area (Å²) < 4.78 is 5.15. The summed E-state index contributed by atoms with van der Waals surface area (Å²) in [5.74, 6) is 0.718. The van der Waals surface area contributed by atoms with E-state index in [0.717, 1.165) is 11.3 Å². The fourth-order valence-corrected chi connectivity index (χ4v) is 1.35. The second kappa shape index (κ2) is 5.97. The highest BCUT2D eigenvalue weighted by molar-refractivity contribution is 6.30. The number of primary amides is 1. The molecule has 0 saturated carbocycles. The van der Waals surface area contributed by atoms with Gasteiger partial charge in [0.1, 0.15) is 5.75 Å². The minimum absolute atomic E-state index is 0.490. The van der Waals surface area contributed by atoms with E-state index < -0.39 is 6.03 Å². The lowest BCUT2D eigenvalue weighted by molar-refractivity contribution is 0.249. The average molecular weight is 242 g/mol. The summed E-state index contributed by atoms with van der Waals surface area (Å²) in [6.45, 7) is 0. The third-order valence-electron chi connectivity index (χ3n) is 1.82. The Morgan fingerprint density at radius 1 is 1.69 bits per heavy atom. The lowest BCUT2D eigenvalue weighted by atomic mass is 10.1. The molecule has 6 heteroatoms. The summed E-state index contributed by atoms with van der Waals surface area (Å²) in [4.78, 5) is 10.3. The highest BCUT2D eigenvalue weighted by Crippen LogP contribution is 2.22. The highest BCUT2D eigenvalue weighted by atomic mass is 35.5. The topological polar surface area (TPSA) is 76.7 Å². The van der Waals surface area contributed by atoms with Crippen LogP contribution in [0.4, 0.5) is 4.79 Å². The summed E-state index contributed by atoms with van der Waals surface area (Å²) in [6.07, 6.45) is 2.00. The Morgan fingerprint density at radius 2 is 2.44 bits per heavy atom. The lowest BCUT2D eigenvalue weighted by Crippen LogP contribution is -2.24. The van der Waals surface area contributed by atoms with Crippen LogP contribution in [-0.2, 0) is 6.42 Å². The molecule has 0 saturated heterocycles. The van der Waals surface area contributed by atoms with Crippen LogP contribution in [0.5, 0.6) is 5.75 Å². The van der Waals surface area contributed by atoms with Crippen molar-refractivity contribution in [2.24, 2.45) is 10.8 Å². The maximum Gasteiger partial charge on any atom is 0.332 e. The van der Waals surface area contributed by atoms with Gasteiger partial charge in [-0.2, -0.15) is 5.10 Å². The monoisotopic (exact) mass is 241 g/mol. The first kappa shape index (κ1) is 12.3. The van der Waals surface area contributed by atoms with Crippen LogP contribution in [0.1, 0.15) is 5.56 Å². The molecule has 0 aliphatic carbocycles. The number of nitrogens with zero attached hydrogens (tertiary/aromatic N) is 1. The van der Waals surface area contributed by atoms with Crippen molar-refractivity contribution in [2.45, 2.75) is 6.42 Å². The SMILES string of the molecule is COc1ccc(Cl)cc1C/C=N\NC(N)=O. The second-order valence-electron chi connectivity index (χ2n) is 2.95. The molecule has 0 bridgehead atoms. The summed E-state index contributed by atoms with van der Waals surface area (Å²) in [5.41, 5.74) is 7.82. The van der Waals surface area contributed by atoms with Gasteiger partial charge < -0.3 is 10.5 Å². The van der Waals surface area contributed by atoms with Crippen molar-refractivity contribution in [1.29, 1.82) is 0 Å². The number of hydrogen-bond acceptors (Lipinski definition) is 3. The number of amides is 2. The Bertz CT molecular complexity index is 407. The molecule has 3 N–H and O–H groups in total.